The average molecular weight is 344 g/mol. The summed E-state index contributed by atoms with van der Waals surface area (Å²) in [6.45, 7) is 0.683. The molecule has 1 aromatic rings. The number of carbonyl (C=O) groups is 1. The number of amides is 1. The number of halogens is 2. The predicted octanol–water partition coefficient (Wildman–Crippen LogP) is 3.71. The zero-order chi connectivity index (χ0) is 14.8. The van der Waals surface area contributed by atoms with Gasteiger partial charge in [0.05, 0.1) is 0 Å². The maximum atomic E-state index is 13.7. The minimum atomic E-state index is -0.319. The summed E-state index contributed by atoms with van der Waals surface area (Å²) in [5.41, 5.74) is 0.465. The molecule has 0 N–H and O–H groups in total. The number of rotatable bonds is 2. The number of aliphatic imine (C=N–C) groups is 1. The summed E-state index contributed by atoms with van der Waals surface area (Å²) in [6.07, 6.45) is 1.20. The molecular weight excluding hydrogens is 333 g/mol. The molecule has 0 aliphatic carbocycles. The molecule has 2 heterocycles. The van der Waals surface area contributed by atoms with E-state index in [-0.39, 0.29) is 11.7 Å². The number of amidine groups is 1. The topological polar surface area (TPSA) is 45.0 Å². The van der Waals surface area contributed by atoms with E-state index in [1.807, 2.05) is 0 Å². The highest BCUT2D eigenvalue weighted by Crippen LogP contribution is 2.33. The van der Waals surface area contributed by atoms with Crippen molar-refractivity contribution in [3.05, 3.63) is 34.6 Å². The summed E-state index contributed by atoms with van der Waals surface area (Å²) in [6, 6.07) is 4.64. The first kappa shape index (κ1) is 14.9. The van der Waals surface area contributed by atoms with Gasteiger partial charge in [0.2, 0.25) is 5.91 Å². The minimum absolute atomic E-state index is 0.112. The van der Waals surface area contributed by atoms with E-state index in [4.69, 9.17) is 11.6 Å². The van der Waals surface area contributed by atoms with Gasteiger partial charge in [-0.1, -0.05) is 29.4 Å². The van der Waals surface area contributed by atoms with Gasteiger partial charge in [-0.05, 0) is 30.3 Å². The molecule has 0 unspecified atom stereocenters. The normalized spacial score (nSPS) is 18.2. The van der Waals surface area contributed by atoms with E-state index in [2.05, 4.69) is 10.1 Å². The molecule has 0 bridgehead atoms. The molecule has 0 spiro atoms. The lowest BCUT2D eigenvalue weighted by Gasteiger charge is -2.08. The van der Waals surface area contributed by atoms with Crippen molar-refractivity contribution >= 4 is 50.6 Å². The fourth-order valence-electron chi connectivity index (χ4n) is 1.92. The van der Waals surface area contributed by atoms with E-state index < -0.39 is 0 Å². The number of hydrogen-bond donors (Lipinski definition) is 0. The third-order valence-electron chi connectivity index (χ3n) is 2.98. The van der Waals surface area contributed by atoms with E-state index in [0.29, 0.717) is 34.5 Å². The second-order valence-corrected chi connectivity index (χ2v) is 7.06. The van der Waals surface area contributed by atoms with Gasteiger partial charge in [0.15, 0.2) is 9.54 Å². The van der Waals surface area contributed by atoms with Crippen LogP contribution in [0, 0.1) is 5.82 Å². The number of benzene rings is 1. The van der Waals surface area contributed by atoms with Crippen molar-refractivity contribution in [2.45, 2.75) is 18.6 Å². The molecule has 0 radical (unpaired) electrons. The lowest BCUT2D eigenvalue weighted by molar-refractivity contribution is -0.117. The summed E-state index contributed by atoms with van der Waals surface area (Å²) in [5, 5.41) is 7.16. The van der Waals surface area contributed by atoms with E-state index in [9.17, 15) is 9.18 Å². The second kappa shape index (κ2) is 6.37. The van der Waals surface area contributed by atoms with Crippen molar-refractivity contribution in [1.29, 1.82) is 0 Å². The molecule has 0 fully saturated rings. The quantitative estimate of drug-likeness (QED) is 0.821. The van der Waals surface area contributed by atoms with Crippen LogP contribution in [-0.2, 0) is 10.5 Å². The standard InChI is InChI=1S/C13H11ClFN3OS2/c14-9-3-1-4-10(15)8(9)7-20-13-17-18-6-2-5-11(19)16-12(18)21-13/h1,3-4H,2,5-7H2. The Morgan fingerprint density at radius 1 is 1.48 bits per heavy atom. The molecule has 1 amide bonds. The van der Waals surface area contributed by atoms with Crippen LogP contribution in [-0.4, -0.2) is 27.0 Å². The van der Waals surface area contributed by atoms with Gasteiger partial charge in [0.25, 0.3) is 0 Å². The first-order chi connectivity index (χ1) is 10.1. The Balaban J connectivity index is 1.69. The molecule has 21 heavy (non-hydrogen) atoms. The molecule has 110 valence electrons. The Kier molecular flexibility index (Phi) is 4.51. The number of carbonyl (C=O) groups excluding carboxylic acids is 1. The zero-order valence-corrected chi connectivity index (χ0v) is 13.3. The summed E-state index contributed by atoms with van der Waals surface area (Å²) >= 11 is 8.74. The molecule has 8 heteroatoms. The largest absolute Gasteiger partial charge is 0.273 e. The smallest absolute Gasteiger partial charge is 0.248 e. The van der Waals surface area contributed by atoms with Crippen molar-refractivity contribution < 1.29 is 9.18 Å². The molecule has 0 saturated heterocycles. The number of thioether (sulfide) groups is 2. The molecule has 0 aromatic heterocycles. The molecule has 4 nitrogen and oxygen atoms in total. The van der Waals surface area contributed by atoms with Crippen molar-refractivity contribution in [3.8, 4) is 0 Å². The van der Waals surface area contributed by atoms with E-state index in [1.54, 1.807) is 17.1 Å². The first-order valence-electron chi connectivity index (χ1n) is 6.34. The van der Waals surface area contributed by atoms with Crippen LogP contribution in [0.25, 0.3) is 0 Å². The highest BCUT2D eigenvalue weighted by atomic mass is 35.5. The van der Waals surface area contributed by atoms with Gasteiger partial charge in [-0.25, -0.2) is 9.40 Å². The van der Waals surface area contributed by atoms with Crippen LogP contribution in [0.15, 0.2) is 28.3 Å². The van der Waals surface area contributed by atoms with E-state index in [0.717, 1.165) is 10.8 Å². The Bertz CT molecular complexity index is 630. The molecule has 2 aliphatic heterocycles. The number of hydrogen-bond acceptors (Lipinski definition) is 5. The van der Waals surface area contributed by atoms with Gasteiger partial charge >= 0.3 is 0 Å². The van der Waals surface area contributed by atoms with Gasteiger partial charge in [0, 0.05) is 29.3 Å². The van der Waals surface area contributed by atoms with Crippen LogP contribution in [0.5, 0.6) is 0 Å². The Morgan fingerprint density at radius 2 is 2.33 bits per heavy atom. The predicted molar refractivity (Wildman–Crippen MR) is 86.1 cm³/mol. The second-order valence-electron chi connectivity index (χ2n) is 4.47. The third-order valence-corrected chi connectivity index (χ3v) is 5.44. The summed E-state index contributed by atoms with van der Waals surface area (Å²) in [4.78, 5) is 15.5. The Labute approximate surface area is 134 Å². The fraction of sp³-hybridized carbons (Fsp3) is 0.308. The SMILES string of the molecule is O=C1CCCN2N=C(SCc3c(F)cccc3Cl)SC2=N1. The molecule has 2 aliphatic rings. The van der Waals surface area contributed by atoms with Crippen molar-refractivity contribution in [3.63, 3.8) is 0 Å². The van der Waals surface area contributed by atoms with Crippen molar-refractivity contribution in [2.24, 2.45) is 10.1 Å². The monoisotopic (exact) mass is 343 g/mol. The Morgan fingerprint density at radius 3 is 3.14 bits per heavy atom. The number of fused-ring (bicyclic) bond motifs is 1. The summed E-state index contributed by atoms with van der Waals surface area (Å²) in [7, 11) is 0. The summed E-state index contributed by atoms with van der Waals surface area (Å²) < 4.78 is 14.5. The summed E-state index contributed by atoms with van der Waals surface area (Å²) in [5.74, 6) is -0.0360. The van der Waals surface area contributed by atoms with Crippen LogP contribution in [0.4, 0.5) is 4.39 Å². The van der Waals surface area contributed by atoms with Gasteiger partial charge in [-0.2, -0.15) is 10.1 Å². The number of hydrazone groups is 1. The van der Waals surface area contributed by atoms with Crippen LogP contribution in [0.1, 0.15) is 18.4 Å². The maximum absolute atomic E-state index is 13.7. The van der Waals surface area contributed by atoms with Crippen molar-refractivity contribution in [1.82, 2.24) is 5.01 Å². The zero-order valence-electron chi connectivity index (χ0n) is 10.9. The molecule has 1 aromatic carbocycles. The molecular formula is C13H11ClFN3OS2. The highest BCUT2D eigenvalue weighted by Gasteiger charge is 2.26. The van der Waals surface area contributed by atoms with Gasteiger partial charge in [-0.15, -0.1) is 0 Å². The lowest BCUT2D eigenvalue weighted by atomic mass is 10.2. The highest BCUT2D eigenvalue weighted by molar-refractivity contribution is 8.45. The maximum Gasteiger partial charge on any atom is 0.248 e. The third kappa shape index (κ3) is 3.41. The van der Waals surface area contributed by atoms with Crippen molar-refractivity contribution in [2.75, 3.05) is 6.54 Å². The first-order valence-corrected chi connectivity index (χ1v) is 8.52. The number of nitrogens with zero attached hydrogens (tertiary/aromatic N) is 3. The van der Waals surface area contributed by atoms with Crippen LogP contribution in [0.3, 0.4) is 0 Å². The fourth-order valence-corrected chi connectivity index (χ4v) is 4.27. The van der Waals surface area contributed by atoms with Crippen LogP contribution in [0.2, 0.25) is 5.02 Å². The van der Waals surface area contributed by atoms with Crippen LogP contribution >= 0.6 is 35.1 Å². The van der Waals surface area contributed by atoms with Crippen LogP contribution < -0.4 is 0 Å². The van der Waals surface area contributed by atoms with Gasteiger partial charge in [0.1, 0.15) is 5.82 Å². The van der Waals surface area contributed by atoms with Gasteiger partial charge < -0.3 is 0 Å². The molecule has 0 atom stereocenters. The lowest BCUT2D eigenvalue weighted by Crippen LogP contribution is -2.18. The Hall–Kier alpha value is -1.05. The average Bonchev–Trinajstić information content (AvgIpc) is 2.72. The molecule has 3 rings (SSSR count). The van der Waals surface area contributed by atoms with E-state index in [1.165, 1.54) is 29.6 Å². The van der Waals surface area contributed by atoms with E-state index >= 15 is 0 Å². The minimum Gasteiger partial charge on any atom is -0.273 e. The molecule has 0 saturated carbocycles. The van der Waals surface area contributed by atoms with Gasteiger partial charge in [-0.3, -0.25) is 4.79 Å².